The molecule has 0 unspecified atom stereocenters. The number of methoxy groups -OCH3 is 1. The zero-order chi connectivity index (χ0) is 26.9. The molecule has 0 spiro atoms. The molecule has 2 amide bonds. The molecule has 204 valence electrons. The second-order valence-electron chi connectivity index (χ2n) is 9.02. The lowest BCUT2D eigenvalue weighted by atomic mass is 9.87. The van der Waals surface area contributed by atoms with E-state index >= 15 is 0 Å². The minimum atomic E-state index is -1.13. The van der Waals surface area contributed by atoms with Crippen molar-refractivity contribution < 1.29 is 38.8 Å². The summed E-state index contributed by atoms with van der Waals surface area (Å²) in [5.41, 5.74) is 0.761. The van der Waals surface area contributed by atoms with Crippen LogP contribution in [0.15, 0.2) is 23.8 Å². The van der Waals surface area contributed by atoms with Crippen molar-refractivity contribution in [3.05, 3.63) is 32.9 Å². The van der Waals surface area contributed by atoms with Crippen LogP contribution in [0, 0.1) is 9.49 Å². The third-order valence-corrected chi connectivity index (χ3v) is 7.16. The van der Waals surface area contributed by atoms with Crippen LogP contribution in [0.5, 0.6) is 11.5 Å². The summed E-state index contributed by atoms with van der Waals surface area (Å²) in [5, 5.41) is 23.3. The third-order valence-electron chi connectivity index (χ3n) is 6.36. The van der Waals surface area contributed by atoms with Gasteiger partial charge in [-0.15, -0.1) is 0 Å². The average molecular weight is 630 g/mol. The van der Waals surface area contributed by atoms with Gasteiger partial charge in [0, 0.05) is 49.8 Å². The second-order valence-corrected chi connectivity index (χ2v) is 10.2. The Balaban J connectivity index is 1.94. The normalized spacial score (nSPS) is 21.1. The number of benzene rings is 1. The van der Waals surface area contributed by atoms with Crippen molar-refractivity contribution in [1.29, 1.82) is 0 Å². The Morgan fingerprint density at radius 1 is 1.30 bits per heavy atom. The Morgan fingerprint density at radius 3 is 2.68 bits per heavy atom. The van der Waals surface area contributed by atoms with Crippen molar-refractivity contribution >= 4 is 40.7 Å². The van der Waals surface area contributed by atoms with Crippen LogP contribution in [0.1, 0.15) is 43.0 Å². The number of halogens is 1. The fourth-order valence-corrected chi connectivity index (χ4v) is 5.08. The summed E-state index contributed by atoms with van der Waals surface area (Å²) in [5.74, 6) is 0.115. The molecule has 1 aromatic carbocycles. The van der Waals surface area contributed by atoms with Crippen LogP contribution in [0.3, 0.4) is 0 Å². The molecule has 0 saturated heterocycles. The molecule has 3 rings (SSSR count). The molecule has 2 aliphatic carbocycles. The van der Waals surface area contributed by atoms with E-state index in [0.717, 1.165) is 12.8 Å². The second kappa shape index (κ2) is 14.1. The van der Waals surface area contributed by atoms with Crippen LogP contribution in [-0.2, 0) is 14.3 Å². The van der Waals surface area contributed by atoms with E-state index in [-0.39, 0.29) is 31.4 Å². The van der Waals surface area contributed by atoms with Crippen LogP contribution >= 0.6 is 22.6 Å². The number of amides is 2. The highest BCUT2D eigenvalue weighted by Gasteiger charge is 2.43. The fraction of sp³-hybridized carbons (Fsp3) is 0.577. The third kappa shape index (κ3) is 7.65. The molecule has 1 aromatic rings. The number of aliphatic hydroxyl groups excluding tert-OH is 2. The molecule has 37 heavy (non-hydrogen) atoms. The van der Waals surface area contributed by atoms with Gasteiger partial charge in [0.15, 0.2) is 11.5 Å². The number of hydrogen-bond donors (Lipinski definition) is 3. The van der Waals surface area contributed by atoms with Gasteiger partial charge in [-0.05, 0) is 67.0 Å². The van der Waals surface area contributed by atoms with Gasteiger partial charge in [-0.1, -0.05) is 0 Å². The Bertz CT molecular complexity index is 997. The molecule has 3 atom stereocenters. The van der Waals surface area contributed by atoms with E-state index in [1.807, 2.05) is 29.5 Å². The van der Waals surface area contributed by atoms with E-state index in [2.05, 4.69) is 5.32 Å². The van der Waals surface area contributed by atoms with Crippen molar-refractivity contribution in [2.45, 2.75) is 50.9 Å². The summed E-state index contributed by atoms with van der Waals surface area (Å²) in [6, 6.07) is 2.47. The summed E-state index contributed by atoms with van der Waals surface area (Å²) in [6.45, 7) is 3.19. The van der Waals surface area contributed by atoms with Gasteiger partial charge in [0.05, 0.1) is 23.3 Å². The van der Waals surface area contributed by atoms with Gasteiger partial charge in [0.2, 0.25) is 11.8 Å². The number of carbonyl (C=O) groups is 3. The SMILES string of the molecule is CCOCCCN(C(=O)C1CC1)[C@@H]1CC(C(=O)NCCO)=C[C@H](Oc2c(I)cc(C=O)cc2OC)[C@H]1O. The summed E-state index contributed by atoms with van der Waals surface area (Å²) in [4.78, 5) is 39.1. The van der Waals surface area contributed by atoms with Crippen molar-refractivity contribution in [2.75, 3.05) is 40.0 Å². The maximum Gasteiger partial charge on any atom is 0.247 e. The first-order chi connectivity index (χ1) is 17.8. The van der Waals surface area contributed by atoms with Gasteiger partial charge in [0.25, 0.3) is 0 Å². The quantitative estimate of drug-likeness (QED) is 0.161. The van der Waals surface area contributed by atoms with Crippen LogP contribution in [0.4, 0.5) is 0 Å². The molecule has 1 saturated carbocycles. The lowest BCUT2D eigenvalue weighted by molar-refractivity contribution is -0.140. The average Bonchev–Trinajstić information content (AvgIpc) is 3.75. The van der Waals surface area contributed by atoms with Gasteiger partial charge in [-0.2, -0.15) is 0 Å². The maximum atomic E-state index is 13.3. The Kier molecular flexibility index (Phi) is 11.2. The zero-order valence-corrected chi connectivity index (χ0v) is 23.3. The van der Waals surface area contributed by atoms with E-state index in [1.165, 1.54) is 13.2 Å². The van der Waals surface area contributed by atoms with E-state index in [9.17, 15) is 19.5 Å². The molecule has 0 radical (unpaired) electrons. The lowest BCUT2D eigenvalue weighted by Gasteiger charge is -2.41. The van der Waals surface area contributed by atoms with Crippen molar-refractivity contribution in [1.82, 2.24) is 10.2 Å². The minimum absolute atomic E-state index is 0.0428. The number of nitrogens with zero attached hydrogens (tertiary/aromatic N) is 1. The molecule has 0 aliphatic heterocycles. The van der Waals surface area contributed by atoms with Gasteiger partial charge >= 0.3 is 0 Å². The Morgan fingerprint density at radius 2 is 2.05 bits per heavy atom. The lowest BCUT2D eigenvalue weighted by Crippen LogP contribution is -2.55. The Hall–Kier alpha value is -2.22. The topological polar surface area (TPSA) is 135 Å². The molecular formula is C26H35IN2O8. The molecule has 0 aromatic heterocycles. The molecule has 0 heterocycles. The molecule has 1 fully saturated rings. The van der Waals surface area contributed by atoms with E-state index in [1.54, 1.807) is 17.0 Å². The van der Waals surface area contributed by atoms with E-state index in [0.29, 0.717) is 58.7 Å². The summed E-state index contributed by atoms with van der Waals surface area (Å²) in [7, 11) is 1.45. The number of aldehydes is 1. The first kappa shape index (κ1) is 29.3. The molecule has 3 N–H and O–H groups in total. The first-order valence-electron chi connectivity index (χ1n) is 12.5. The molecule has 0 bridgehead atoms. The first-order valence-corrected chi connectivity index (χ1v) is 13.6. The number of nitrogens with one attached hydrogen (secondary N) is 1. The monoisotopic (exact) mass is 630 g/mol. The molecular weight excluding hydrogens is 595 g/mol. The number of rotatable bonds is 14. The smallest absolute Gasteiger partial charge is 0.247 e. The highest BCUT2D eigenvalue weighted by molar-refractivity contribution is 14.1. The van der Waals surface area contributed by atoms with E-state index in [4.69, 9.17) is 19.3 Å². The number of carbonyl (C=O) groups excluding carboxylic acids is 3. The fourth-order valence-electron chi connectivity index (χ4n) is 4.32. The zero-order valence-electron chi connectivity index (χ0n) is 21.2. The van der Waals surface area contributed by atoms with Crippen LogP contribution in [0.25, 0.3) is 0 Å². The Labute approximate surface area is 230 Å². The van der Waals surface area contributed by atoms with Crippen LogP contribution < -0.4 is 14.8 Å². The van der Waals surface area contributed by atoms with Gasteiger partial charge in [-0.25, -0.2) is 0 Å². The van der Waals surface area contributed by atoms with Crippen molar-refractivity contribution in [2.24, 2.45) is 5.92 Å². The number of hydrogen-bond acceptors (Lipinski definition) is 8. The molecule has 11 heteroatoms. The maximum absolute atomic E-state index is 13.3. The standard InChI is InChI=1S/C26H35IN2O8/c1-3-36-10-4-8-29(26(34)17-5-6-17)20-13-18(25(33)28-7-9-30)14-21(23(20)32)37-24-19(27)11-16(15-31)12-22(24)35-2/h11-12,14-15,17,20-21,23,30,32H,3-10,13H2,1-2H3,(H,28,33)/t20-,21+,23+/m1/s1. The number of ether oxygens (including phenoxy) is 3. The molecule has 2 aliphatic rings. The predicted octanol–water partition coefficient (Wildman–Crippen LogP) is 1.69. The van der Waals surface area contributed by atoms with Gasteiger partial charge in [0.1, 0.15) is 18.5 Å². The van der Waals surface area contributed by atoms with Crippen LogP contribution in [-0.4, -0.2) is 91.5 Å². The molecule has 10 nitrogen and oxygen atoms in total. The van der Waals surface area contributed by atoms with Crippen LogP contribution in [0.2, 0.25) is 0 Å². The predicted molar refractivity (Wildman–Crippen MR) is 144 cm³/mol. The summed E-state index contributed by atoms with van der Waals surface area (Å²) >= 11 is 2.02. The van der Waals surface area contributed by atoms with Gasteiger partial charge in [-0.3, -0.25) is 14.4 Å². The minimum Gasteiger partial charge on any atom is -0.493 e. The number of aliphatic hydroxyl groups is 2. The largest absolute Gasteiger partial charge is 0.493 e. The van der Waals surface area contributed by atoms with Crippen molar-refractivity contribution in [3.63, 3.8) is 0 Å². The summed E-state index contributed by atoms with van der Waals surface area (Å²) < 4.78 is 17.7. The highest BCUT2D eigenvalue weighted by atomic mass is 127. The summed E-state index contributed by atoms with van der Waals surface area (Å²) in [6.07, 6.45) is 2.50. The van der Waals surface area contributed by atoms with Crippen molar-refractivity contribution in [3.8, 4) is 11.5 Å². The highest BCUT2D eigenvalue weighted by Crippen LogP contribution is 2.38. The van der Waals surface area contributed by atoms with Gasteiger partial charge < -0.3 is 34.6 Å². The van der Waals surface area contributed by atoms with E-state index < -0.39 is 24.2 Å².